The average Bonchev–Trinajstić information content (AvgIpc) is 3.25. The fraction of sp³-hybridized carbons (Fsp3) is 0.333. The third-order valence-corrected chi connectivity index (χ3v) is 7.20. The monoisotopic (exact) mass is 387 g/mol. The molecule has 1 atom stereocenters. The number of nitrogens with one attached hydrogen (secondary N) is 1. The van der Waals surface area contributed by atoms with Crippen molar-refractivity contribution >= 4 is 19.9 Å². The van der Waals surface area contributed by atoms with Crippen LogP contribution in [0.2, 0.25) is 0 Å². The molecule has 1 N–H and O–H groups in total. The zero-order valence-electron chi connectivity index (χ0n) is 13.3. The molecule has 2 aromatic rings. The largest absolute Gasteiger partial charge is 0.468 e. The van der Waals surface area contributed by atoms with Crippen LogP contribution in [0.25, 0.3) is 0 Å². The van der Waals surface area contributed by atoms with Crippen LogP contribution in [0.4, 0.5) is 0 Å². The number of hydrogen-bond acceptors (Lipinski definition) is 7. The second-order valence-electron chi connectivity index (χ2n) is 5.32. The van der Waals surface area contributed by atoms with Crippen LogP contribution in [0.3, 0.4) is 0 Å². The molecule has 1 aromatic heterocycles. The van der Waals surface area contributed by atoms with Crippen LogP contribution in [0.1, 0.15) is 17.9 Å². The Morgan fingerprint density at radius 3 is 2.56 bits per heavy atom. The first-order valence-corrected chi connectivity index (χ1v) is 10.7. The lowest BCUT2D eigenvalue weighted by Gasteiger charge is -2.16. The summed E-state index contributed by atoms with van der Waals surface area (Å²) in [6.07, 6.45) is 1.34. The molecule has 1 aromatic carbocycles. The molecule has 3 rings (SSSR count). The Labute approximate surface area is 145 Å². The van der Waals surface area contributed by atoms with Crippen molar-refractivity contribution in [3.8, 4) is 11.5 Å². The van der Waals surface area contributed by atoms with Gasteiger partial charge in [0.2, 0.25) is 16.8 Å². The molecule has 10 heteroatoms. The van der Waals surface area contributed by atoms with Gasteiger partial charge in [0, 0.05) is 12.6 Å². The Morgan fingerprint density at radius 1 is 1.12 bits per heavy atom. The van der Waals surface area contributed by atoms with Gasteiger partial charge in [-0.3, -0.25) is 0 Å². The van der Waals surface area contributed by atoms with E-state index in [2.05, 4.69) is 4.72 Å². The Bertz CT molecular complexity index is 950. The van der Waals surface area contributed by atoms with E-state index in [1.165, 1.54) is 37.5 Å². The Kier molecular flexibility index (Phi) is 4.76. The molecule has 1 aliphatic rings. The maximum atomic E-state index is 13.0. The van der Waals surface area contributed by atoms with E-state index in [0.717, 1.165) is 0 Å². The van der Waals surface area contributed by atoms with Gasteiger partial charge in [-0.1, -0.05) is 0 Å². The van der Waals surface area contributed by atoms with Crippen molar-refractivity contribution in [3.63, 3.8) is 0 Å². The number of sulfone groups is 1. The van der Waals surface area contributed by atoms with E-state index in [1.807, 2.05) is 0 Å². The minimum Gasteiger partial charge on any atom is -0.468 e. The average molecular weight is 387 g/mol. The van der Waals surface area contributed by atoms with Crippen LogP contribution >= 0.6 is 0 Å². The van der Waals surface area contributed by atoms with E-state index < -0.39 is 25.1 Å². The van der Waals surface area contributed by atoms with Gasteiger partial charge in [-0.15, -0.1) is 0 Å². The van der Waals surface area contributed by atoms with Gasteiger partial charge in [0.1, 0.15) is 11.0 Å². The predicted molar refractivity (Wildman–Crippen MR) is 88.7 cm³/mol. The molecule has 0 bridgehead atoms. The van der Waals surface area contributed by atoms with E-state index in [1.54, 1.807) is 6.07 Å². The van der Waals surface area contributed by atoms with Crippen molar-refractivity contribution < 1.29 is 30.7 Å². The lowest BCUT2D eigenvalue weighted by Crippen LogP contribution is -2.32. The van der Waals surface area contributed by atoms with Gasteiger partial charge < -0.3 is 13.9 Å². The fourth-order valence-corrected chi connectivity index (χ4v) is 4.69. The minimum absolute atomic E-state index is 0.00570. The summed E-state index contributed by atoms with van der Waals surface area (Å²) in [6, 6.07) is 7.31. The molecular formula is C15H17NO7S2. The molecule has 0 saturated carbocycles. The third-order valence-electron chi connectivity index (χ3n) is 3.78. The van der Waals surface area contributed by atoms with Gasteiger partial charge in [0.25, 0.3) is 0 Å². The summed E-state index contributed by atoms with van der Waals surface area (Å²) in [5.74, 6) is 0.784. The zero-order valence-corrected chi connectivity index (χ0v) is 15.0. The van der Waals surface area contributed by atoms with Crippen molar-refractivity contribution in [1.82, 2.24) is 4.72 Å². The first-order chi connectivity index (χ1) is 11.8. The Balaban J connectivity index is 1.97. The molecule has 25 heavy (non-hydrogen) atoms. The van der Waals surface area contributed by atoms with Crippen LogP contribution in [-0.2, 0) is 19.9 Å². The SMILES string of the molecule is CCS(=O)(=O)NC[C@@H](c1ccco1)S(=O)(=O)c1ccc2c(c1)OCO2. The van der Waals surface area contributed by atoms with Crippen molar-refractivity contribution in [1.29, 1.82) is 0 Å². The highest BCUT2D eigenvalue weighted by atomic mass is 32.2. The van der Waals surface area contributed by atoms with E-state index in [9.17, 15) is 16.8 Å². The van der Waals surface area contributed by atoms with Crippen LogP contribution in [0.5, 0.6) is 11.5 Å². The second kappa shape index (κ2) is 6.70. The number of benzene rings is 1. The van der Waals surface area contributed by atoms with Gasteiger partial charge in [0.05, 0.1) is 16.9 Å². The van der Waals surface area contributed by atoms with E-state index in [0.29, 0.717) is 11.5 Å². The number of rotatable bonds is 7. The van der Waals surface area contributed by atoms with Crippen molar-refractivity contribution in [2.24, 2.45) is 0 Å². The topological polar surface area (TPSA) is 112 Å². The van der Waals surface area contributed by atoms with Crippen molar-refractivity contribution in [3.05, 3.63) is 42.4 Å². The van der Waals surface area contributed by atoms with Gasteiger partial charge in [0.15, 0.2) is 21.3 Å². The first-order valence-electron chi connectivity index (χ1n) is 7.48. The van der Waals surface area contributed by atoms with Crippen LogP contribution < -0.4 is 14.2 Å². The van der Waals surface area contributed by atoms with Crippen molar-refractivity contribution in [2.45, 2.75) is 17.1 Å². The van der Waals surface area contributed by atoms with Gasteiger partial charge in [-0.05, 0) is 31.2 Å². The third kappa shape index (κ3) is 3.65. The molecule has 2 heterocycles. The van der Waals surface area contributed by atoms with E-state index >= 15 is 0 Å². The molecule has 0 fully saturated rings. The smallest absolute Gasteiger partial charge is 0.231 e. The summed E-state index contributed by atoms with van der Waals surface area (Å²) < 4.78 is 67.4. The van der Waals surface area contributed by atoms with Crippen LogP contribution in [0, 0.1) is 0 Å². The molecule has 8 nitrogen and oxygen atoms in total. The molecule has 0 amide bonds. The summed E-state index contributed by atoms with van der Waals surface area (Å²) in [5, 5.41) is -1.20. The number of fused-ring (bicyclic) bond motifs is 1. The first kappa shape index (κ1) is 17.8. The molecule has 136 valence electrons. The molecule has 0 aliphatic carbocycles. The minimum atomic E-state index is -3.93. The summed E-state index contributed by atoms with van der Waals surface area (Å²) >= 11 is 0. The standard InChI is InChI=1S/C15H17NO7S2/c1-2-24(17,18)16-9-15(13-4-3-7-21-13)25(19,20)11-5-6-12-14(8-11)23-10-22-12/h3-8,15-16H,2,9-10H2,1H3/t15-/m0/s1. The predicted octanol–water partition coefficient (Wildman–Crippen LogP) is 1.46. The van der Waals surface area contributed by atoms with Gasteiger partial charge in [-0.25, -0.2) is 21.6 Å². The zero-order chi connectivity index (χ0) is 18.1. The maximum Gasteiger partial charge on any atom is 0.231 e. The molecule has 0 saturated heterocycles. The lowest BCUT2D eigenvalue weighted by molar-refractivity contribution is 0.174. The molecule has 1 aliphatic heterocycles. The normalized spacial score (nSPS) is 15.2. The summed E-state index contributed by atoms with van der Waals surface area (Å²) in [4.78, 5) is -0.00570. The van der Waals surface area contributed by atoms with Crippen LogP contribution in [0.15, 0.2) is 45.9 Å². The highest BCUT2D eigenvalue weighted by molar-refractivity contribution is 7.92. The fourth-order valence-electron chi connectivity index (χ4n) is 2.36. The quantitative estimate of drug-likeness (QED) is 0.765. The molecule has 0 radical (unpaired) electrons. The maximum absolute atomic E-state index is 13.0. The summed E-state index contributed by atoms with van der Waals surface area (Å²) in [7, 11) is -7.49. The van der Waals surface area contributed by atoms with Crippen LogP contribution in [-0.4, -0.2) is 35.9 Å². The number of hydrogen-bond donors (Lipinski definition) is 1. The molecule has 0 spiro atoms. The molecular weight excluding hydrogens is 370 g/mol. The van der Waals surface area contributed by atoms with Gasteiger partial charge >= 0.3 is 0 Å². The highest BCUT2D eigenvalue weighted by Crippen LogP contribution is 2.37. The Morgan fingerprint density at radius 2 is 1.88 bits per heavy atom. The number of sulfonamides is 1. The summed E-state index contributed by atoms with van der Waals surface area (Å²) in [5.41, 5.74) is 0. The lowest BCUT2D eigenvalue weighted by atomic mass is 10.3. The molecule has 0 unspecified atom stereocenters. The second-order valence-corrected chi connectivity index (χ2v) is 9.54. The van der Waals surface area contributed by atoms with Crippen molar-refractivity contribution in [2.75, 3.05) is 19.1 Å². The highest BCUT2D eigenvalue weighted by Gasteiger charge is 2.33. The van der Waals surface area contributed by atoms with E-state index in [4.69, 9.17) is 13.9 Å². The number of furan rings is 1. The van der Waals surface area contributed by atoms with E-state index in [-0.39, 0.29) is 29.7 Å². The number of ether oxygens (including phenoxy) is 2. The van der Waals surface area contributed by atoms with Gasteiger partial charge in [-0.2, -0.15) is 0 Å². The Hall–Kier alpha value is -2.04. The summed E-state index contributed by atoms with van der Waals surface area (Å²) in [6.45, 7) is 1.16.